The van der Waals surface area contributed by atoms with Crippen LogP contribution in [0.25, 0.3) is 16.7 Å². The molecule has 6 rings (SSSR count). The van der Waals surface area contributed by atoms with E-state index in [4.69, 9.17) is 0 Å². The summed E-state index contributed by atoms with van der Waals surface area (Å²) in [5.74, 6) is 0.363. The average molecular weight is 467 g/mol. The van der Waals surface area contributed by atoms with Gasteiger partial charge in [-0.15, -0.1) is 0 Å². The number of hydrogen-bond donors (Lipinski definition) is 1. The number of halogens is 1. The zero-order valence-corrected chi connectivity index (χ0v) is 18.8. The number of likely N-dealkylation sites (tertiary alicyclic amines) is 1. The number of benzene rings is 1. The van der Waals surface area contributed by atoms with E-state index in [1.54, 1.807) is 4.68 Å². The summed E-state index contributed by atoms with van der Waals surface area (Å²) in [6, 6.07) is 7.58. The van der Waals surface area contributed by atoms with E-state index >= 15 is 0 Å². The lowest BCUT2D eigenvalue weighted by atomic mass is 9.91. The van der Waals surface area contributed by atoms with Gasteiger partial charge in [-0.1, -0.05) is 6.07 Å². The number of rotatable bonds is 5. The molecule has 0 unspecified atom stereocenters. The molecule has 1 amide bonds. The maximum absolute atomic E-state index is 13.3. The fourth-order valence-electron chi connectivity index (χ4n) is 4.91. The molecule has 3 aliphatic rings. The predicted octanol–water partition coefficient (Wildman–Crippen LogP) is 1.50. The van der Waals surface area contributed by atoms with Crippen LogP contribution in [0.2, 0.25) is 0 Å². The molecule has 3 aromatic rings. The predicted molar refractivity (Wildman–Crippen MR) is 124 cm³/mol. The Labute approximate surface area is 195 Å². The van der Waals surface area contributed by atoms with Crippen LogP contribution in [0.3, 0.4) is 0 Å². The van der Waals surface area contributed by atoms with Gasteiger partial charge < -0.3 is 14.9 Å². The third kappa shape index (κ3) is 3.75. The van der Waals surface area contributed by atoms with Crippen molar-refractivity contribution in [2.45, 2.75) is 44.0 Å². The second-order valence-electron chi connectivity index (χ2n) is 9.82. The smallest absolute Gasteiger partial charge is 0.264 e. The number of hydrogen-bond acceptors (Lipinski definition) is 6. The van der Waals surface area contributed by atoms with Gasteiger partial charge in [0.05, 0.1) is 37.1 Å². The van der Waals surface area contributed by atoms with Crippen LogP contribution in [-0.4, -0.2) is 73.2 Å². The Hall–Kier alpha value is -3.27. The second-order valence-corrected chi connectivity index (χ2v) is 9.82. The topological polar surface area (TPSA) is 96.5 Å². The van der Waals surface area contributed by atoms with E-state index in [1.807, 2.05) is 34.1 Å². The maximum Gasteiger partial charge on any atom is 0.264 e. The number of nitrogens with zero attached hydrogens (tertiary/aromatic N) is 6. The Kier molecular flexibility index (Phi) is 4.94. The first kappa shape index (κ1) is 21.3. The molecule has 178 valence electrons. The summed E-state index contributed by atoms with van der Waals surface area (Å²) >= 11 is 0. The summed E-state index contributed by atoms with van der Waals surface area (Å²) in [5, 5.41) is 15.9. The van der Waals surface area contributed by atoms with Crippen molar-refractivity contribution < 1.29 is 14.3 Å². The first-order valence-corrected chi connectivity index (χ1v) is 11.8. The number of anilines is 1. The van der Waals surface area contributed by atoms with E-state index in [-0.39, 0.29) is 23.9 Å². The average Bonchev–Trinajstić information content (AvgIpc) is 3.58. The van der Waals surface area contributed by atoms with Gasteiger partial charge in [0.2, 0.25) is 5.91 Å². The molecule has 9 nitrogen and oxygen atoms in total. The van der Waals surface area contributed by atoms with Crippen molar-refractivity contribution in [3.8, 4) is 5.69 Å². The lowest BCUT2D eigenvalue weighted by Crippen LogP contribution is -2.50. The number of aliphatic hydroxyl groups is 1. The Morgan fingerprint density at radius 1 is 1.18 bits per heavy atom. The van der Waals surface area contributed by atoms with E-state index in [1.165, 1.54) is 17.1 Å². The normalized spacial score (nSPS) is 20.5. The fraction of sp³-hybridized carbons (Fsp3) is 0.500. The SMILES string of the molecule is O=C(C1CC1)N1CCC(O)(Cn2cnc3c(cnn3-c3cccc(N4CC(F)C4)c3)c2=O)CC1. The Morgan fingerprint density at radius 2 is 1.91 bits per heavy atom. The zero-order chi connectivity index (χ0) is 23.4. The number of carbonyl (C=O) groups excluding carboxylic acids is 1. The summed E-state index contributed by atoms with van der Waals surface area (Å²) in [7, 11) is 0. The Morgan fingerprint density at radius 3 is 2.62 bits per heavy atom. The van der Waals surface area contributed by atoms with Crippen LogP contribution in [0.5, 0.6) is 0 Å². The molecule has 0 bridgehead atoms. The molecule has 4 heterocycles. The number of piperidine rings is 1. The van der Waals surface area contributed by atoms with Crippen LogP contribution in [0, 0.1) is 5.92 Å². The molecule has 2 saturated heterocycles. The first-order chi connectivity index (χ1) is 16.4. The Bertz CT molecular complexity index is 1300. The van der Waals surface area contributed by atoms with E-state index in [0.29, 0.717) is 50.1 Å². The maximum atomic E-state index is 13.3. The highest BCUT2D eigenvalue weighted by molar-refractivity contribution is 5.81. The molecule has 2 aliphatic heterocycles. The molecule has 3 fully saturated rings. The van der Waals surface area contributed by atoms with E-state index in [2.05, 4.69) is 10.1 Å². The van der Waals surface area contributed by atoms with Crippen molar-refractivity contribution >= 4 is 22.6 Å². The summed E-state index contributed by atoms with van der Waals surface area (Å²) in [4.78, 5) is 33.7. The van der Waals surface area contributed by atoms with Gasteiger partial charge in [0.1, 0.15) is 17.9 Å². The number of fused-ring (bicyclic) bond motifs is 1. The summed E-state index contributed by atoms with van der Waals surface area (Å²) < 4.78 is 16.3. The zero-order valence-electron chi connectivity index (χ0n) is 18.8. The number of amides is 1. The van der Waals surface area contributed by atoms with Gasteiger partial charge in [0.15, 0.2) is 5.65 Å². The van der Waals surface area contributed by atoms with Crippen LogP contribution in [0.1, 0.15) is 25.7 Å². The molecule has 1 saturated carbocycles. The third-order valence-corrected chi connectivity index (χ3v) is 7.23. The highest BCUT2D eigenvalue weighted by Crippen LogP contribution is 2.33. The highest BCUT2D eigenvalue weighted by atomic mass is 19.1. The molecular weight excluding hydrogens is 439 g/mol. The van der Waals surface area contributed by atoms with Crippen molar-refractivity contribution in [2.24, 2.45) is 5.92 Å². The van der Waals surface area contributed by atoms with Gasteiger partial charge in [-0.25, -0.2) is 14.1 Å². The lowest BCUT2D eigenvalue weighted by Gasteiger charge is -2.38. The summed E-state index contributed by atoms with van der Waals surface area (Å²) in [6.07, 6.45) is 4.95. The van der Waals surface area contributed by atoms with Gasteiger partial charge in [0.25, 0.3) is 5.56 Å². The largest absolute Gasteiger partial charge is 0.388 e. The van der Waals surface area contributed by atoms with Crippen molar-refractivity contribution in [2.75, 3.05) is 31.1 Å². The minimum atomic E-state index is -1.06. The van der Waals surface area contributed by atoms with E-state index in [0.717, 1.165) is 24.2 Å². The molecular formula is C24H27FN6O3. The molecule has 10 heteroatoms. The number of aromatic nitrogens is 4. The van der Waals surface area contributed by atoms with Crippen molar-refractivity contribution in [1.29, 1.82) is 0 Å². The van der Waals surface area contributed by atoms with Gasteiger partial charge in [0, 0.05) is 24.7 Å². The quantitative estimate of drug-likeness (QED) is 0.612. The minimum absolute atomic E-state index is 0.125. The van der Waals surface area contributed by atoms with Gasteiger partial charge in [-0.3, -0.25) is 14.2 Å². The van der Waals surface area contributed by atoms with Gasteiger partial charge in [-0.2, -0.15) is 5.10 Å². The molecule has 2 aromatic heterocycles. The molecule has 1 N–H and O–H groups in total. The number of carbonyl (C=O) groups is 1. The monoisotopic (exact) mass is 466 g/mol. The van der Waals surface area contributed by atoms with Crippen LogP contribution >= 0.6 is 0 Å². The van der Waals surface area contributed by atoms with Crippen LogP contribution in [0.15, 0.2) is 41.6 Å². The third-order valence-electron chi connectivity index (χ3n) is 7.23. The Balaban J connectivity index is 1.22. The molecule has 0 radical (unpaired) electrons. The van der Waals surface area contributed by atoms with Crippen molar-refractivity contribution in [3.63, 3.8) is 0 Å². The molecule has 34 heavy (non-hydrogen) atoms. The summed E-state index contributed by atoms with van der Waals surface area (Å²) in [5.41, 5.74) is 0.750. The van der Waals surface area contributed by atoms with E-state index < -0.39 is 11.8 Å². The fourth-order valence-corrected chi connectivity index (χ4v) is 4.91. The van der Waals surface area contributed by atoms with Crippen molar-refractivity contribution in [1.82, 2.24) is 24.2 Å². The van der Waals surface area contributed by atoms with Gasteiger partial charge in [-0.05, 0) is 43.9 Å². The van der Waals surface area contributed by atoms with Crippen LogP contribution < -0.4 is 10.5 Å². The molecule has 0 spiro atoms. The second kappa shape index (κ2) is 7.90. The summed E-state index contributed by atoms with van der Waals surface area (Å²) in [6.45, 7) is 1.89. The van der Waals surface area contributed by atoms with Crippen LogP contribution in [-0.2, 0) is 11.3 Å². The minimum Gasteiger partial charge on any atom is -0.388 e. The molecule has 1 aromatic carbocycles. The van der Waals surface area contributed by atoms with Crippen molar-refractivity contribution in [3.05, 3.63) is 47.1 Å². The standard InChI is InChI=1S/C24H27FN6O3/c25-17-12-29(13-17)18-2-1-3-19(10-18)31-21-20(11-27-31)23(33)30(15-26-21)14-24(34)6-8-28(9-7-24)22(32)16-4-5-16/h1-3,10-11,15-17,34H,4-9,12-14H2. The van der Waals surface area contributed by atoms with Gasteiger partial charge >= 0.3 is 0 Å². The number of alkyl halides is 1. The van der Waals surface area contributed by atoms with E-state index in [9.17, 15) is 19.1 Å². The highest BCUT2D eigenvalue weighted by Gasteiger charge is 2.39. The van der Waals surface area contributed by atoms with Crippen LogP contribution in [0.4, 0.5) is 10.1 Å². The molecule has 0 atom stereocenters. The lowest BCUT2D eigenvalue weighted by molar-refractivity contribution is -0.137. The first-order valence-electron chi connectivity index (χ1n) is 11.8. The molecule has 1 aliphatic carbocycles.